The van der Waals surface area contributed by atoms with E-state index in [2.05, 4.69) is 5.16 Å². The number of amides is 1. The van der Waals surface area contributed by atoms with Gasteiger partial charge < -0.3 is 20.9 Å². The Labute approximate surface area is 102 Å². The molecule has 0 heterocycles. The maximum atomic E-state index is 12.4. The van der Waals surface area contributed by atoms with E-state index in [-0.39, 0.29) is 24.9 Å². The van der Waals surface area contributed by atoms with Gasteiger partial charge in [0, 0.05) is 13.1 Å². The molecule has 4 N–H and O–H groups in total. The van der Waals surface area contributed by atoms with Crippen molar-refractivity contribution in [2.45, 2.75) is 33.6 Å². The van der Waals surface area contributed by atoms with Gasteiger partial charge in [0.1, 0.15) is 5.41 Å². The van der Waals surface area contributed by atoms with E-state index in [1.54, 1.807) is 0 Å². The van der Waals surface area contributed by atoms with Gasteiger partial charge in [-0.2, -0.15) is 0 Å². The van der Waals surface area contributed by atoms with Crippen LogP contribution >= 0.6 is 0 Å². The van der Waals surface area contributed by atoms with Crippen LogP contribution in [0.2, 0.25) is 0 Å². The van der Waals surface area contributed by atoms with Gasteiger partial charge in [0.15, 0.2) is 5.84 Å². The monoisotopic (exact) mass is 245 g/mol. The fraction of sp³-hybridized carbons (Fsp3) is 0.818. The fourth-order valence-corrected chi connectivity index (χ4v) is 1.95. The van der Waals surface area contributed by atoms with Crippen LogP contribution in [0.4, 0.5) is 0 Å². The van der Waals surface area contributed by atoms with E-state index in [1.165, 1.54) is 4.90 Å². The lowest BCUT2D eigenvalue weighted by Gasteiger charge is -2.34. The third-order valence-corrected chi connectivity index (χ3v) is 3.25. The zero-order chi connectivity index (χ0) is 13.5. The van der Waals surface area contributed by atoms with E-state index in [9.17, 15) is 4.79 Å². The van der Waals surface area contributed by atoms with E-state index in [4.69, 9.17) is 16.0 Å². The molecule has 0 unspecified atom stereocenters. The molecule has 0 atom stereocenters. The van der Waals surface area contributed by atoms with Crippen LogP contribution in [-0.4, -0.2) is 46.7 Å². The first-order valence-electron chi connectivity index (χ1n) is 5.92. The molecule has 0 saturated heterocycles. The van der Waals surface area contributed by atoms with Gasteiger partial charge in [-0.15, -0.1) is 0 Å². The van der Waals surface area contributed by atoms with Crippen molar-refractivity contribution in [1.29, 1.82) is 0 Å². The van der Waals surface area contributed by atoms with Crippen LogP contribution < -0.4 is 5.73 Å². The summed E-state index contributed by atoms with van der Waals surface area (Å²) in [5.41, 5.74) is 4.68. The minimum Gasteiger partial charge on any atom is -0.409 e. The van der Waals surface area contributed by atoms with Gasteiger partial charge in [-0.05, 0) is 19.8 Å². The number of amidine groups is 1. The quantitative estimate of drug-likeness (QED) is 0.261. The second-order valence-corrected chi connectivity index (χ2v) is 3.88. The van der Waals surface area contributed by atoms with Crippen LogP contribution in [0.5, 0.6) is 0 Å². The summed E-state index contributed by atoms with van der Waals surface area (Å²) in [6, 6.07) is 0. The van der Waals surface area contributed by atoms with Crippen LogP contribution in [0.3, 0.4) is 0 Å². The standard InChI is InChI=1S/C11H23N3O3/c1-4-11(5-2,9(12)13-17)10(16)14(6-3)7-8-15/h15,17H,4-8H2,1-3H3,(H2,12,13). The molecule has 0 spiro atoms. The number of nitrogens with two attached hydrogens (primary N) is 1. The molecule has 0 aromatic carbocycles. The Morgan fingerprint density at radius 2 is 1.88 bits per heavy atom. The van der Waals surface area contributed by atoms with Gasteiger partial charge >= 0.3 is 0 Å². The lowest BCUT2D eigenvalue weighted by atomic mass is 9.79. The molecule has 100 valence electrons. The molecule has 0 bridgehead atoms. The molecule has 0 aromatic rings. The van der Waals surface area contributed by atoms with Crippen molar-refractivity contribution in [2.24, 2.45) is 16.3 Å². The number of nitrogens with zero attached hydrogens (tertiary/aromatic N) is 2. The molecular formula is C11H23N3O3. The Balaban J connectivity index is 5.25. The number of rotatable bonds is 7. The Kier molecular flexibility index (Phi) is 6.57. The fourth-order valence-electron chi connectivity index (χ4n) is 1.95. The topological polar surface area (TPSA) is 99.2 Å². The van der Waals surface area contributed by atoms with Crippen LogP contribution in [0.15, 0.2) is 5.16 Å². The predicted molar refractivity (Wildman–Crippen MR) is 65.8 cm³/mol. The number of carbonyl (C=O) groups is 1. The van der Waals surface area contributed by atoms with Crippen LogP contribution in [0.25, 0.3) is 0 Å². The highest BCUT2D eigenvalue weighted by Gasteiger charge is 2.41. The summed E-state index contributed by atoms with van der Waals surface area (Å²) in [6.45, 7) is 6.13. The zero-order valence-corrected chi connectivity index (χ0v) is 10.8. The summed E-state index contributed by atoms with van der Waals surface area (Å²) in [5, 5.41) is 20.7. The third kappa shape index (κ3) is 3.09. The molecule has 0 aliphatic rings. The van der Waals surface area contributed by atoms with Crippen molar-refractivity contribution >= 4 is 11.7 Å². The molecule has 0 aliphatic carbocycles. The van der Waals surface area contributed by atoms with Crippen LogP contribution in [0, 0.1) is 5.41 Å². The number of hydrogen-bond acceptors (Lipinski definition) is 4. The second kappa shape index (κ2) is 7.11. The Morgan fingerprint density at radius 1 is 1.35 bits per heavy atom. The summed E-state index contributed by atoms with van der Waals surface area (Å²) in [5.74, 6) is -0.266. The maximum absolute atomic E-state index is 12.4. The van der Waals surface area contributed by atoms with E-state index in [0.717, 1.165) is 0 Å². The van der Waals surface area contributed by atoms with Gasteiger partial charge in [0.25, 0.3) is 0 Å². The van der Waals surface area contributed by atoms with E-state index < -0.39 is 5.41 Å². The van der Waals surface area contributed by atoms with Crippen molar-refractivity contribution in [2.75, 3.05) is 19.7 Å². The van der Waals surface area contributed by atoms with Crippen molar-refractivity contribution in [3.63, 3.8) is 0 Å². The number of aliphatic hydroxyl groups is 1. The van der Waals surface area contributed by atoms with E-state index >= 15 is 0 Å². The first kappa shape index (κ1) is 15.7. The third-order valence-electron chi connectivity index (χ3n) is 3.25. The van der Waals surface area contributed by atoms with Crippen molar-refractivity contribution in [3.05, 3.63) is 0 Å². The summed E-state index contributed by atoms with van der Waals surface area (Å²) >= 11 is 0. The molecule has 6 nitrogen and oxygen atoms in total. The highest BCUT2D eigenvalue weighted by molar-refractivity contribution is 6.06. The Bertz CT molecular complexity index is 275. The number of carbonyl (C=O) groups excluding carboxylic acids is 1. The Morgan fingerprint density at radius 3 is 2.18 bits per heavy atom. The number of aliphatic hydroxyl groups excluding tert-OH is 1. The molecule has 0 rings (SSSR count). The molecule has 0 saturated carbocycles. The van der Waals surface area contributed by atoms with Gasteiger partial charge in [-0.1, -0.05) is 19.0 Å². The summed E-state index contributed by atoms with van der Waals surface area (Å²) < 4.78 is 0. The summed E-state index contributed by atoms with van der Waals surface area (Å²) in [7, 11) is 0. The molecule has 0 aromatic heterocycles. The second-order valence-electron chi connectivity index (χ2n) is 3.88. The SMILES string of the molecule is CCN(CCO)C(=O)C(CC)(CC)C(N)=NO. The van der Waals surface area contributed by atoms with Crippen LogP contribution in [0.1, 0.15) is 33.6 Å². The molecule has 0 fully saturated rings. The smallest absolute Gasteiger partial charge is 0.236 e. The molecule has 0 radical (unpaired) electrons. The minimum absolute atomic E-state index is 0.0658. The first-order chi connectivity index (χ1) is 8.03. The Hall–Kier alpha value is -1.30. The number of oxime groups is 1. The minimum atomic E-state index is -0.972. The average molecular weight is 245 g/mol. The molecule has 1 amide bonds. The van der Waals surface area contributed by atoms with Crippen molar-refractivity contribution in [1.82, 2.24) is 4.90 Å². The highest BCUT2D eigenvalue weighted by atomic mass is 16.4. The normalized spacial score (nSPS) is 12.6. The van der Waals surface area contributed by atoms with Crippen molar-refractivity contribution in [3.8, 4) is 0 Å². The summed E-state index contributed by atoms with van der Waals surface area (Å²) in [6.07, 6.45) is 0.917. The van der Waals surface area contributed by atoms with Gasteiger partial charge in [-0.25, -0.2) is 0 Å². The molecule has 6 heteroatoms. The van der Waals surface area contributed by atoms with Gasteiger partial charge in [0.05, 0.1) is 6.61 Å². The number of hydrogen-bond donors (Lipinski definition) is 3. The lowest BCUT2D eigenvalue weighted by molar-refractivity contribution is -0.139. The zero-order valence-electron chi connectivity index (χ0n) is 10.8. The highest BCUT2D eigenvalue weighted by Crippen LogP contribution is 2.29. The largest absolute Gasteiger partial charge is 0.409 e. The van der Waals surface area contributed by atoms with E-state index in [1.807, 2.05) is 20.8 Å². The molecule has 17 heavy (non-hydrogen) atoms. The number of likely N-dealkylation sites (N-methyl/N-ethyl adjacent to an activating group) is 1. The van der Waals surface area contributed by atoms with Gasteiger partial charge in [0.2, 0.25) is 5.91 Å². The molecule has 0 aliphatic heterocycles. The molecular weight excluding hydrogens is 222 g/mol. The van der Waals surface area contributed by atoms with Crippen molar-refractivity contribution < 1.29 is 15.1 Å². The summed E-state index contributed by atoms with van der Waals surface area (Å²) in [4.78, 5) is 13.9. The van der Waals surface area contributed by atoms with Crippen LogP contribution in [-0.2, 0) is 4.79 Å². The lowest BCUT2D eigenvalue weighted by Crippen LogP contribution is -2.51. The van der Waals surface area contributed by atoms with E-state index in [0.29, 0.717) is 19.4 Å². The average Bonchev–Trinajstić information content (AvgIpc) is 2.37. The van der Waals surface area contributed by atoms with Gasteiger partial charge in [-0.3, -0.25) is 4.79 Å². The first-order valence-corrected chi connectivity index (χ1v) is 5.92. The maximum Gasteiger partial charge on any atom is 0.236 e. The predicted octanol–water partition coefficient (Wildman–Crippen LogP) is 0.380.